The number of hydrogen-bond acceptors (Lipinski definition) is 13. The molecule has 19 aromatic carbocycles. The number of hydrogen-bond donors (Lipinski definition) is 0. The third-order valence-corrected chi connectivity index (χ3v) is 29.9. The van der Waals surface area contributed by atoms with Crippen LogP contribution in [0.25, 0.3) is 267 Å². The van der Waals surface area contributed by atoms with E-state index in [0.29, 0.717) is 52.5 Å². The summed E-state index contributed by atoms with van der Waals surface area (Å²) in [5.41, 5.74) is 20.7. The Morgan fingerprint density at radius 3 is 0.921 bits per heavy atom. The van der Waals surface area contributed by atoms with Crippen LogP contribution in [0.3, 0.4) is 0 Å². The van der Waals surface area contributed by atoms with Crippen molar-refractivity contribution in [3.63, 3.8) is 0 Å². The van der Waals surface area contributed by atoms with E-state index in [0.717, 1.165) is 105 Å². The predicted octanol–water partition coefficient (Wildman–Crippen LogP) is 32.9. The van der Waals surface area contributed by atoms with E-state index in [9.17, 15) is 0 Å². The van der Waals surface area contributed by atoms with Gasteiger partial charge in [0.05, 0.1) is 33.1 Å². The number of aromatic nitrogens is 12. The van der Waals surface area contributed by atoms with E-state index >= 15 is 0 Å². The average molecular weight is 1830 g/mol. The topological polar surface area (TPSA) is 144 Å². The maximum atomic E-state index is 6.28. The normalized spacial score (nSPS) is 11.7. The highest BCUT2D eigenvalue weighted by atomic mass is 32.1. The Balaban J connectivity index is 0.000000105. The number of para-hydroxylation sites is 4. The van der Waals surface area contributed by atoms with Crippen molar-refractivity contribution in [3.8, 4) is 120 Å². The van der Waals surface area contributed by atoms with Crippen molar-refractivity contribution in [3.05, 3.63) is 449 Å². The van der Waals surface area contributed by atoms with Crippen LogP contribution in [0, 0.1) is 0 Å². The summed E-state index contributed by atoms with van der Waals surface area (Å²) >= 11 is 5.47. The van der Waals surface area contributed by atoms with E-state index in [-0.39, 0.29) is 0 Å². The Bertz CT molecular complexity index is 9830. The highest BCUT2D eigenvalue weighted by molar-refractivity contribution is 7.27. The number of rotatable bonds is 12. The highest BCUT2D eigenvalue weighted by Gasteiger charge is 2.26. The van der Waals surface area contributed by atoms with E-state index in [2.05, 4.69) is 335 Å². The number of fused-ring (bicyclic) bond motifs is 21. The highest BCUT2D eigenvalue weighted by Crippen LogP contribution is 2.47. The Morgan fingerprint density at radius 2 is 0.468 bits per heavy atom. The number of benzene rings is 19. The lowest BCUT2D eigenvalue weighted by Gasteiger charge is -2.11. The fourth-order valence-electron chi connectivity index (χ4n) is 19.8. The summed E-state index contributed by atoms with van der Waals surface area (Å²) in [5, 5.41) is 17.2. The summed E-state index contributed by atoms with van der Waals surface area (Å²) in [7, 11) is 0. The molecule has 0 atom stereocenters. The van der Waals surface area contributed by atoms with Crippen molar-refractivity contribution in [1.29, 1.82) is 0 Å². The van der Waals surface area contributed by atoms with Crippen LogP contribution in [0.15, 0.2) is 453 Å². The van der Waals surface area contributed by atoms with Crippen LogP contribution in [0.2, 0.25) is 0 Å². The summed E-state index contributed by atoms with van der Waals surface area (Å²) in [6, 6.07) is 157. The monoisotopic (exact) mass is 1830 g/mol. The fourth-order valence-corrected chi connectivity index (χ4v) is 23.3. The molecule has 0 aliphatic heterocycles. The molecule has 13 nitrogen and oxygen atoms in total. The molecule has 0 fully saturated rings. The maximum absolute atomic E-state index is 6.28. The SMILES string of the molecule is c1ccc(-c2ccc(-c3nc(-c4ccccc4)nc(-c4ccc(-n5c6ccccc6c6cc7c(cc65)sc5ccccc57)cc4)n3)cc2)cc1.c1ccc(-c2nc(-c3cccc4c3sc3ccccc34)nc(-n3c4ccccc4c4cc5c(cc43)sc3ccccc35)n2)cc1.c1ccc(-c2nc(-c3ccccc3)nc(-c3ccc(-n4c5ccccc5c5cc6c(cc54)oc4ccccc46)cc3)n2)cc1. The number of thiophene rings is 3. The standard InChI is InChI=1S/C45H28N4S.C39H24N4O.C39H22N4S2/c1-3-11-29(12-4-1)30-19-21-32(22-20-30)44-46-43(31-13-5-2-6-14-31)47-45(48-44)33-23-25-34(26-24-33)49-39-17-9-7-15-35(39)37-27-38-36-16-8-10-18-41(36)50-42(38)28-40(37)49;1-3-11-25(12-4-1)37-40-38(26-13-5-2-6-14-26)42-39(41-37)27-19-21-28(22-20-27)43-33-17-9-7-15-29(33)31-23-32-30-16-8-10-18-35(30)44-36(32)24-34(31)43;1-2-11-23(12-3-1)37-40-38(28-17-10-16-27-25-14-5-9-20-34(25)45-36(27)28)42-39(41-37)43-31-18-7-4-13-24(31)29-21-30-26-15-6-8-19-33(26)44-35(30)22-32(29)43/h1-28H;1-24H;1-22H. The molecule has 0 amide bonds. The third-order valence-electron chi connectivity index (χ3n) is 26.4. The van der Waals surface area contributed by atoms with E-state index in [1.165, 1.54) is 109 Å². The third kappa shape index (κ3) is 14.2. The van der Waals surface area contributed by atoms with Gasteiger partial charge in [-0.15, -0.1) is 34.0 Å². The second kappa shape index (κ2) is 33.6. The van der Waals surface area contributed by atoms with Gasteiger partial charge in [-0.05, 0) is 139 Å². The first kappa shape index (κ1) is 80.7. The molecule has 0 saturated heterocycles. The summed E-state index contributed by atoms with van der Waals surface area (Å²) < 4.78 is 20.8. The fraction of sp³-hybridized carbons (Fsp3) is 0. The van der Waals surface area contributed by atoms with Gasteiger partial charge >= 0.3 is 0 Å². The summed E-state index contributed by atoms with van der Waals surface area (Å²) in [5.74, 6) is 5.81. The van der Waals surface area contributed by atoms with Gasteiger partial charge in [-0.2, -0.15) is 9.97 Å². The lowest BCUT2D eigenvalue weighted by molar-refractivity contribution is 0.669. The molecule has 0 radical (unpaired) electrons. The molecule has 0 N–H and O–H groups in total. The van der Waals surface area contributed by atoms with Gasteiger partial charge in [-0.3, -0.25) is 4.57 Å². The minimum atomic E-state index is 0.614. The Kier molecular flexibility index (Phi) is 19.5. The van der Waals surface area contributed by atoms with E-state index in [1.807, 2.05) is 150 Å². The molecule has 0 saturated carbocycles. The average Bonchev–Trinajstić information content (AvgIpc) is 1.57. The molecule has 10 aromatic heterocycles. The van der Waals surface area contributed by atoms with Gasteiger partial charge in [0.15, 0.2) is 46.6 Å². The van der Waals surface area contributed by atoms with Gasteiger partial charge < -0.3 is 13.6 Å². The van der Waals surface area contributed by atoms with Crippen LogP contribution in [0.1, 0.15) is 0 Å². The van der Waals surface area contributed by atoms with Gasteiger partial charge in [0.2, 0.25) is 5.95 Å². The molecule has 0 unspecified atom stereocenters. The van der Waals surface area contributed by atoms with Crippen molar-refractivity contribution >= 4 is 182 Å². The second-order valence-electron chi connectivity index (χ2n) is 34.6. The quantitative estimate of drug-likeness (QED) is 0.116. The van der Waals surface area contributed by atoms with Crippen LogP contribution in [0.5, 0.6) is 0 Å². The predicted molar refractivity (Wildman–Crippen MR) is 577 cm³/mol. The Hall–Kier alpha value is -17.9. The molecule has 0 aliphatic carbocycles. The van der Waals surface area contributed by atoms with Crippen LogP contribution >= 0.6 is 34.0 Å². The molecular weight excluding hydrogens is 1760 g/mol. The van der Waals surface area contributed by atoms with Crippen molar-refractivity contribution in [2.24, 2.45) is 0 Å². The molecule has 0 spiro atoms. The van der Waals surface area contributed by atoms with Crippen LogP contribution in [-0.4, -0.2) is 58.6 Å². The number of furan rings is 1. The summed E-state index contributed by atoms with van der Waals surface area (Å²) in [6.07, 6.45) is 0. The smallest absolute Gasteiger partial charge is 0.238 e. The molecule has 0 bridgehead atoms. The zero-order chi connectivity index (χ0) is 91.5. The van der Waals surface area contributed by atoms with Crippen LogP contribution < -0.4 is 0 Å². The molecule has 16 heteroatoms. The summed E-state index contributed by atoms with van der Waals surface area (Å²) in [4.78, 5) is 45.1. The number of nitrogens with zero attached hydrogens (tertiary/aromatic N) is 12. The van der Waals surface area contributed by atoms with Crippen LogP contribution in [-0.2, 0) is 0 Å². The maximum Gasteiger partial charge on any atom is 0.238 e. The molecule has 650 valence electrons. The minimum Gasteiger partial charge on any atom is -0.456 e. The lowest BCUT2D eigenvalue weighted by atomic mass is 10.0. The minimum absolute atomic E-state index is 0.614. The van der Waals surface area contributed by atoms with Crippen LogP contribution in [0.4, 0.5) is 0 Å². The van der Waals surface area contributed by atoms with Crippen molar-refractivity contribution < 1.29 is 4.42 Å². The molecule has 10 heterocycles. The van der Waals surface area contributed by atoms with Crippen molar-refractivity contribution in [2.45, 2.75) is 0 Å². The van der Waals surface area contributed by atoms with E-state index in [1.54, 1.807) is 11.3 Å². The van der Waals surface area contributed by atoms with Gasteiger partial charge in [0, 0.05) is 166 Å². The first-order valence-electron chi connectivity index (χ1n) is 46.2. The first-order chi connectivity index (χ1) is 68.9. The van der Waals surface area contributed by atoms with Gasteiger partial charge in [-0.25, -0.2) is 34.9 Å². The zero-order valence-electron chi connectivity index (χ0n) is 74.2. The van der Waals surface area contributed by atoms with Gasteiger partial charge in [0.1, 0.15) is 11.2 Å². The Labute approximate surface area is 807 Å². The lowest BCUT2D eigenvalue weighted by Crippen LogP contribution is -2.06. The van der Waals surface area contributed by atoms with Gasteiger partial charge in [0.25, 0.3) is 0 Å². The first-order valence-corrected chi connectivity index (χ1v) is 48.6. The molecule has 0 aliphatic rings. The van der Waals surface area contributed by atoms with Gasteiger partial charge in [-0.1, -0.05) is 315 Å². The molecular formula is C123H74N12OS3. The molecule has 29 rings (SSSR count). The van der Waals surface area contributed by atoms with E-state index < -0.39 is 0 Å². The zero-order valence-corrected chi connectivity index (χ0v) is 76.7. The largest absolute Gasteiger partial charge is 0.456 e. The molecule has 139 heavy (non-hydrogen) atoms. The Morgan fingerprint density at radius 1 is 0.165 bits per heavy atom. The van der Waals surface area contributed by atoms with Crippen molar-refractivity contribution in [2.75, 3.05) is 0 Å². The van der Waals surface area contributed by atoms with E-state index in [4.69, 9.17) is 49.3 Å². The summed E-state index contributed by atoms with van der Waals surface area (Å²) in [6.45, 7) is 0. The second-order valence-corrected chi connectivity index (χ2v) is 37.8. The van der Waals surface area contributed by atoms with Crippen molar-refractivity contribution in [1.82, 2.24) is 58.6 Å². The molecule has 29 aromatic rings.